The van der Waals surface area contributed by atoms with Gasteiger partial charge in [0, 0.05) is 25.5 Å². The van der Waals surface area contributed by atoms with Crippen molar-refractivity contribution in [3.8, 4) is 0 Å². The van der Waals surface area contributed by atoms with Gasteiger partial charge in [0.15, 0.2) is 0 Å². The number of aromatic nitrogens is 2. The van der Waals surface area contributed by atoms with E-state index in [0.29, 0.717) is 11.5 Å². The highest BCUT2D eigenvalue weighted by atomic mass is 32.2. The van der Waals surface area contributed by atoms with E-state index in [-0.39, 0.29) is 16.3 Å². The molecule has 3 aromatic carbocycles. The predicted octanol–water partition coefficient (Wildman–Crippen LogP) is 4.95. The van der Waals surface area contributed by atoms with Crippen LogP contribution in [0.3, 0.4) is 0 Å². The van der Waals surface area contributed by atoms with Crippen molar-refractivity contribution in [2.75, 3.05) is 10.0 Å². The number of anilines is 2. The van der Waals surface area contributed by atoms with Gasteiger partial charge in [0.1, 0.15) is 17.6 Å². The van der Waals surface area contributed by atoms with Gasteiger partial charge in [-0.3, -0.25) is 14.8 Å². The lowest BCUT2D eigenvalue weighted by Crippen LogP contribution is -2.18. The maximum atomic E-state index is 13.0. The molecular formula is C25H25N5O4S. The number of benzene rings is 3. The van der Waals surface area contributed by atoms with Crippen LogP contribution in [0.2, 0.25) is 0 Å². The van der Waals surface area contributed by atoms with Crippen LogP contribution < -0.4 is 10.0 Å². The Kier molecular flexibility index (Phi) is 6.57. The number of nitro benzene ring substituents is 1. The van der Waals surface area contributed by atoms with Crippen molar-refractivity contribution < 1.29 is 13.3 Å². The monoisotopic (exact) mass is 491 g/mol. The first-order chi connectivity index (χ1) is 16.7. The van der Waals surface area contributed by atoms with Crippen molar-refractivity contribution in [1.82, 2.24) is 9.55 Å². The maximum Gasteiger partial charge on any atom is 0.293 e. The molecule has 35 heavy (non-hydrogen) atoms. The third-order valence-corrected chi connectivity index (χ3v) is 7.01. The van der Waals surface area contributed by atoms with Gasteiger partial charge in [-0.1, -0.05) is 48.0 Å². The lowest BCUT2D eigenvalue weighted by Gasteiger charge is -2.20. The minimum absolute atomic E-state index is 0.178. The van der Waals surface area contributed by atoms with Crippen molar-refractivity contribution in [3.63, 3.8) is 0 Å². The second-order valence-corrected chi connectivity index (χ2v) is 9.93. The highest BCUT2D eigenvalue weighted by Gasteiger charge is 2.26. The third-order valence-electron chi connectivity index (χ3n) is 5.65. The molecule has 10 heteroatoms. The van der Waals surface area contributed by atoms with E-state index in [1.54, 1.807) is 31.5 Å². The molecule has 0 aliphatic carbocycles. The molecule has 4 rings (SSSR count). The van der Waals surface area contributed by atoms with Crippen LogP contribution in [-0.2, 0) is 17.1 Å². The predicted molar refractivity (Wildman–Crippen MR) is 135 cm³/mol. The summed E-state index contributed by atoms with van der Waals surface area (Å²) in [4.78, 5) is 15.6. The number of imidazole rings is 1. The standard InChI is InChI=1S/C25H25N5O4S/c1-17-9-11-21(18(2)15-17)28-35(33,34)20-10-12-22(23(16-20)30(31)32)27-24(19-7-5-4-6-8-19)25-26-13-14-29(25)3/h4-16,24,27-28H,1-3H3/t24-/m1/s1. The van der Waals surface area contributed by atoms with E-state index < -0.39 is 21.0 Å². The summed E-state index contributed by atoms with van der Waals surface area (Å²) in [6, 6.07) is 18.1. The molecule has 0 unspecified atom stereocenters. The first-order valence-corrected chi connectivity index (χ1v) is 12.3. The normalized spacial score (nSPS) is 12.2. The zero-order chi connectivity index (χ0) is 25.2. The Bertz CT molecular complexity index is 1480. The van der Waals surface area contributed by atoms with Gasteiger partial charge in [0.25, 0.3) is 15.7 Å². The van der Waals surface area contributed by atoms with E-state index in [2.05, 4.69) is 15.0 Å². The smallest absolute Gasteiger partial charge is 0.293 e. The molecule has 1 heterocycles. The summed E-state index contributed by atoms with van der Waals surface area (Å²) in [6.45, 7) is 3.70. The summed E-state index contributed by atoms with van der Waals surface area (Å²) in [5.41, 5.74) is 2.84. The van der Waals surface area contributed by atoms with Gasteiger partial charge in [-0.15, -0.1) is 0 Å². The molecule has 0 bridgehead atoms. The Hall–Kier alpha value is -4.18. The van der Waals surface area contributed by atoms with Crippen molar-refractivity contribution >= 4 is 27.1 Å². The fourth-order valence-electron chi connectivity index (χ4n) is 3.84. The van der Waals surface area contributed by atoms with Gasteiger partial charge >= 0.3 is 0 Å². The van der Waals surface area contributed by atoms with Crippen LogP contribution in [0, 0.1) is 24.0 Å². The molecule has 0 radical (unpaired) electrons. The van der Waals surface area contributed by atoms with E-state index in [1.807, 2.05) is 54.9 Å². The third kappa shape index (κ3) is 5.17. The Balaban J connectivity index is 1.71. The Morgan fingerprint density at radius 1 is 1.00 bits per heavy atom. The fourth-order valence-corrected chi connectivity index (χ4v) is 4.99. The van der Waals surface area contributed by atoms with E-state index in [1.165, 1.54) is 12.1 Å². The molecule has 0 fully saturated rings. The van der Waals surface area contributed by atoms with E-state index >= 15 is 0 Å². The molecular weight excluding hydrogens is 466 g/mol. The number of hydrogen-bond acceptors (Lipinski definition) is 6. The van der Waals surface area contributed by atoms with Crippen LogP contribution in [0.5, 0.6) is 0 Å². The summed E-state index contributed by atoms with van der Waals surface area (Å²) in [5, 5.41) is 15.1. The minimum atomic E-state index is -4.05. The summed E-state index contributed by atoms with van der Waals surface area (Å²) < 4.78 is 30.4. The number of hydrogen-bond donors (Lipinski definition) is 2. The molecule has 0 saturated carbocycles. The number of aryl methyl sites for hydroxylation is 3. The maximum absolute atomic E-state index is 13.0. The Morgan fingerprint density at radius 2 is 1.71 bits per heavy atom. The summed E-state index contributed by atoms with van der Waals surface area (Å²) in [5.74, 6) is 0.652. The van der Waals surface area contributed by atoms with Crippen LogP contribution >= 0.6 is 0 Å². The molecule has 4 aromatic rings. The van der Waals surface area contributed by atoms with Gasteiger partial charge in [-0.05, 0) is 43.2 Å². The molecule has 180 valence electrons. The van der Waals surface area contributed by atoms with Gasteiger partial charge in [0.05, 0.1) is 15.5 Å². The highest BCUT2D eigenvalue weighted by Crippen LogP contribution is 2.33. The number of nitrogens with one attached hydrogen (secondary N) is 2. The molecule has 0 saturated heterocycles. The van der Waals surface area contributed by atoms with E-state index in [0.717, 1.165) is 22.8 Å². The van der Waals surface area contributed by atoms with Crippen molar-refractivity contribution in [1.29, 1.82) is 0 Å². The Labute approximate surface area is 203 Å². The quantitative estimate of drug-likeness (QED) is 0.266. The largest absolute Gasteiger partial charge is 0.366 e. The molecule has 2 N–H and O–H groups in total. The number of nitrogens with zero attached hydrogens (tertiary/aromatic N) is 3. The van der Waals surface area contributed by atoms with Crippen LogP contribution in [-0.4, -0.2) is 22.9 Å². The molecule has 1 aromatic heterocycles. The van der Waals surface area contributed by atoms with Crippen LogP contribution in [0.4, 0.5) is 17.1 Å². The van der Waals surface area contributed by atoms with Crippen molar-refractivity contribution in [3.05, 3.63) is 112 Å². The van der Waals surface area contributed by atoms with E-state index in [9.17, 15) is 18.5 Å². The van der Waals surface area contributed by atoms with Gasteiger partial charge in [0.2, 0.25) is 0 Å². The zero-order valence-corrected chi connectivity index (χ0v) is 20.3. The van der Waals surface area contributed by atoms with Gasteiger partial charge in [-0.25, -0.2) is 13.4 Å². The number of nitro groups is 1. The summed E-state index contributed by atoms with van der Waals surface area (Å²) >= 11 is 0. The van der Waals surface area contributed by atoms with Crippen molar-refractivity contribution in [2.45, 2.75) is 24.8 Å². The molecule has 0 aliphatic heterocycles. The Morgan fingerprint density at radius 3 is 2.34 bits per heavy atom. The lowest BCUT2D eigenvalue weighted by atomic mass is 10.1. The fraction of sp³-hybridized carbons (Fsp3) is 0.160. The zero-order valence-electron chi connectivity index (χ0n) is 19.5. The second kappa shape index (κ2) is 9.59. The summed E-state index contributed by atoms with van der Waals surface area (Å²) in [6.07, 6.45) is 3.44. The van der Waals surface area contributed by atoms with Crippen molar-refractivity contribution in [2.24, 2.45) is 7.05 Å². The molecule has 0 amide bonds. The van der Waals surface area contributed by atoms with Crippen LogP contribution in [0.15, 0.2) is 84.0 Å². The van der Waals surface area contributed by atoms with Gasteiger partial charge in [-0.2, -0.15) is 0 Å². The first kappa shape index (κ1) is 24.0. The molecule has 1 atom stereocenters. The number of sulfonamides is 1. The van der Waals surface area contributed by atoms with Crippen LogP contribution in [0.1, 0.15) is 28.6 Å². The second-order valence-electron chi connectivity index (χ2n) is 8.24. The first-order valence-electron chi connectivity index (χ1n) is 10.8. The average molecular weight is 492 g/mol. The average Bonchev–Trinajstić information content (AvgIpc) is 3.25. The highest BCUT2D eigenvalue weighted by molar-refractivity contribution is 7.92. The SMILES string of the molecule is Cc1ccc(NS(=O)(=O)c2ccc(N[C@H](c3ccccc3)c3nccn3C)c([N+](=O)[O-])c2)c(C)c1. The van der Waals surface area contributed by atoms with Gasteiger partial charge < -0.3 is 9.88 Å². The minimum Gasteiger partial charge on any atom is -0.366 e. The molecule has 0 spiro atoms. The summed E-state index contributed by atoms with van der Waals surface area (Å²) in [7, 11) is -2.21. The molecule has 0 aliphatic rings. The number of rotatable bonds is 8. The topological polar surface area (TPSA) is 119 Å². The van der Waals surface area contributed by atoms with Crippen LogP contribution in [0.25, 0.3) is 0 Å². The lowest BCUT2D eigenvalue weighted by molar-refractivity contribution is -0.384. The van der Waals surface area contributed by atoms with E-state index in [4.69, 9.17) is 0 Å². The molecule has 9 nitrogen and oxygen atoms in total.